The second kappa shape index (κ2) is 13.8. The van der Waals surface area contributed by atoms with Crippen LogP contribution in [0.3, 0.4) is 0 Å². The molecule has 10 aromatic rings. The average Bonchev–Trinajstić information content (AvgIpc) is 3.67. The Morgan fingerprint density at radius 2 is 1.07 bits per heavy atom. The molecular weight excluding hydrogens is 695 g/mol. The SMILES string of the molecule is c1ccc(C2=NC(c3ccc4cc(-c5cccc6oc7cc(-c8ccccc8)ccc7c56)ccc4c3)NC(c3ccc(-c4cccc5ccccc45)cc3)N2)cc1. The molecule has 2 unspecified atom stereocenters. The van der Waals surface area contributed by atoms with E-state index >= 15 is 0 Å². The maximum atomic E-state index is 6.45. The van der Waals surface area contributed by atoms with Crippen LogP contribution in [0, 0.1) is 0 Å². The third-order valence-electron chi connectivity index (χ3n) is 11.4. The highest BCUT2D eigenvalue weighted by atomic mass is 16.3. The van der Waals surface area contributed by atoms with Crippen molar-refractivity contribution in [1.82, 2.24) is 10.6 Å². The minimum absolute atomic E-state index is 0.142. The number of nitrogens with one attached hydrogen (secondary N) is 2. The molecule has 1 aliphatic rings. The van der Waals surface area contributed by atoms with Crippen molar-refractivity contribution in [3.05, 3.63) is 217 Å². The summed E-state index contributed by atoms with van der Waals surface area (Å²) in [5.41, 5.74) is 12.2. The standard InChI is InChI=1S/C53H37N3O/c1-3-11-34(12-4-1)41-29-30-47-49(33-41)57-48-20-10-19-46(50(47)48)42-27-25-40-32-43(28-26-39(40)31-42)53-55-51(37-14-5-2-6-15-37)54-52(56-53)38-23-21-36(22-24-38)45-18-9-16-35-13-7-8-17-44(35)45/h1-33,52-53,56H,(H,54,55). The fourth-order valence-corrected chi connectivity index (χ4v) is 8.45. The summed E-state index contributed by atoms with van der Waals surface area (Å²) in [5, 5.41) is 14.6. The number of nitrogens with zero attached hydrogens (tertiary/aromatic N) is 1. The van der Waals surface area contributed by atoms with Crippen LogP contribution in [0.5, 0.6) is 0 Å². The summed E-state index contributed by atoms with van der Waals surface area (Å²) in [5.74, 6) is 0.870. The molecular formula is C53H37N3O. The first-order valence-corrected chi connectivity index (χ1v) is 19.5. The molecule has 2 heterocycles. The molecule has 1 aliphatic heterocycles. The lowest BCUT2D eigenvalue weighted by Crippen LogP contribution is -2.44. The van der Waals surface area contributed by atoms with Crippen molar-refractivity contribution in [2.24, 2.45) is 4.99 Å². The van der Waals surface area contributed by atoms with Crippen molar-refractivity contribution in [3.63, 3.8) is 0 Å². The second-order valence-corrected chi connectivity index (χ2v) is 14.8. The first kappa shape index (κ1) is 33.1. The summed E-state index contributed by atoms with van der Waals surface area (Å²) in [7, 11) is 0. The van der Waals surface area contributed by atoms with E-state index in [-0.39, 0.29) is 12.3 Å². The Morgan fingerprint density at radius 1 is 0.404 bits per heavy atom. The Kier molecular flexibility index (Phi) is 8.01. The second-order valence-electron chi connectivity index (χ2n) is 14.8. The van der Waals surface area contributed by atoms with Gasteiger partial charge in [0.25, 0.3) is 0 Å². The fourth-order valence-electron chi connectivity index (χ4n) is 8.45. The Hall–Kier alpha value is -7.27. The summed E-state index contributed by atoms with van der Waals surface area (Å²) in [6.07, 6.45) is -0.392. The van der Waals surface area contributed by atoms with Gasteiger partial charge in [-0.1, -0.05) is 170 Å². The Balaban J connectivity index is 0.923. The van der Waals surface area contributed by atoms with Crippen molar-refractivity contribution in [2.75, 3.05) is 0 Å². The zero-order chi connectivity index (χ0) is 37.7. The highest BCUT2D eigenvalue weighted by molar-refractivity contribution is 6.13. The van der Waals surface area contributed by atoms with Gasteiger partial charge in [-0.15, -0.1) is 0 Å². The smallest absolute Gasteiger partial charge is 0.136 e. The van der Waals surface area contributed by atoms with E-state index in [4.69, 9.17) is 9.41 Å². The summed E-state index contributed by atoms with van der Waals surface area (Å²) < 4.78 is 6.45. The van der Waals surface area contributed by atoms with Gasteiger partial charge in [0.1, 0.15) is 29.3 Å². The minimum Gasteiger partial charge on any atom is -0.456 e. The topological polar surface area (TPSA) is 49.6 Å². The van der Waals surface area contributed by atoms with Gasteiger partial charge in [0.15, 0.2) is 0 Å². The van der Waals surface area contributed by atoms with Crippen LogP contribution < -0.4 is 10.6 Å². The predicted molar refractivity (Wildman–Crippen MR) is 236 cm³/mol. The van der Waals surface area contributed by atoms with Crippen LogP contribution in [0.4, 0.5) is 0 Å². The zero-order valence-electron chi connectivity index (χ0n) is 31.1. The lowest BCUT2D eigenvalue weighted by Gasteiger charge is -2.32. The number of aliphatic imine (C=N–C) groups is 1. The summed E-state index contributed by atoms with van der Waals surface area (Å²) in [6.45, 7) is 0. The number of rotatable bonds is 6. The van der Waals surface area contributed by atoms with Crippen molar-refractivity contribution in [2.45, 2.75) is 12.3 Å². The van der Waals surface area contributed by atoms with Gasteiger partial charge in [0, 0.05) is 16.3 Å². The fraction of sp³-hybridized carbons (Fsp3) is 0.0377. The maximum Gasteiger partial charge on any atom is 0.136 e. The van der Waals surface area contributed by atoms with E-state index in [1.807, 2.05) is 12.1 Å². The molecule has 0 bridgehead atoms. The third kappa shape index (κ3) is 6.04. The lowest BCUT2D eigenvalue weighted by atomic mass is 9.95. The van der Waals surface area contributed by atoms with Crippen LogP contribution in [-0.2, 0) is 0 Å². The number of benzene rings is 9. The Labute approximate surface area is 330 Å². The number of hydrogen-bond donors (Lipinski definition) is 2. The molecule has 2 N–H and O–H groups in total. The quantitative estimate of drug-likeness (QED) is 0.179. The average molecular weight is 732 g/mol. The van der Waals surface area contributed by atoms with Crippen molar-refractivity contribution < 1.29 is 4.42 Å². The van der Waals surface area contributed by atoms with Crippen LogP contribution in [0.2, 0.25) is 0 Å². The first-order chi connectivity index (χ1) is 28.2. The Bertz CT molecular complexity index is 3120. The van der Waals surface area contributed by atoms with Crippen LogP contribution >= 0.6 is 0 Å². The monoisotopic (exact) mass is 731 g/mol. The molecule has 0 radical (unpaired) electrons. The van der Waals surface area contributed by atoms with Gasteiger partial charge in [-0.05, 0) is 96.4 Å². The molecule has 0 aliphatic carbocycles. The molecule has 270 valence electrons. The van der Waals surface area contributed by atoms with Crippen molar-refractivity contribution in [3.8, 4) is 33.4 Å². The van der Waals surface area contributed by atoms with Crippen LogP contribution in [0.1, 0.15) is 29.0 Å². The van der Waals surface area contributed by atoms with E-state index in [2.05, 4.69) is 199 Å². The molecule has 9 aromatic carbocycles. The molecule has 0 saturated heterocycles. The molecule has 0 spiro atoms. The molecule has 4 heteroatoms. The molecule has 4 nitrogen and oxygen atoms in total. The van der Waals surface area contributed by atoms with Crippen molar-refractivity contribution >= 4 is 49.3 Å². The normalized spacial score (nSPS) is 15.5. The number of amidine groups is 1. The van der Waals surface area contributed by atoms with E-state index in [1.54, 1.807) is 0 Å². The number of fused-ring (bicyclic) bond motifs is 5. The molecule has 57 heavy (non-hydrogen) atoms. The van der Waals surface area contributed by atoms with E-state index in [1.165, 1.54) is 38.2 Å². The zero-order valence-corrected chi connectivity index (χ0v) is 31.1. The van der Waals surface area contributed by atoms with E-state index in [0.717, 1.165) is 61.2 Å². The van der Waals surface area contributed by atoms with Crippen LogP contribution in [0.15, 0.2) is 210 Å². The van der Waals surface area contributed by atoms with Gasteiger partial charge < -0.3 is 9.73 Å². The minimum atomic E-state index is -0.250. The molecule has 0 saturated carbocycles. The van der Waals surface area contributed by atoms with Gasteiger partial charge in [-0.25, -0.2) is 4.99 Å². The van der Waals surface area contributed by atoms with E-state index in [9.17, 15) is 0 Å². The largest absolute Gasteiger partial charge is 0.456 e. The predicted octanol–water partition coefficient (Wildman–Crippen LogP) is 13.2. The highest BCUT2D eigenvalue weighted by Gasteiger charge is 2.26. The van der Waals surface area contributed by atoms with E-state index < -0.39 is 0 Å². The molecule has 1 aromatic heterocycles. The van der Waals surface area contributed by atoms with Gasteiger partial charge in [-0.2, -0.15) is 0 Å². The first-order valence-electron chi connectivity index (χ1n) is 19.5. The summed E-state index contributed by atoms with van der Waals surface area (Å²) in [4.78, 5) is 5.24. The molecule has 0 amide bonds. The lowest BCUT2D eigenvalue weighted by molar-refractivity contribution is 0.409. The van der Waals surface area contributed by atoms with Gasteiger partial charge in [-0.3, -0.25) is 5.32 Å². The molecule has 2 atom stereocenters. The highest BCUT2D eigenvalue weighted by Crippen LogP contribution is 2.39. The number of furan rings is 1. The third-order valence-corrected chi connectivity index (χ3v) is 11.4. The Morgan fingerprint density at radius 3 is 1.93 bits per heavy atom. The van der Waals surface area contributed by atoms with Crippen LogP contribution in [-0.4, -0.2) is 5.84 Å². The van der Waals surface area contributed by atoms with Gasteiger partial charge in [0.2, 0.25) is 0 Å². The van der Waals surface area contributed by atoms with Gasteiger partial charge >= 0.3 is 0 Å². The number of hydrogen-bond acceptors (Lipinski definition) is 4. The van der Waals surface area contributed by atoms with Crippen LogP contribution in [0.25, 0.3) is 76.9 Å². The van der Waals surface area contributed by atoms with Crippen molar-refractivity contribution in [1.29, 1.82) is 0 Å². The molecule has 11 rings (SSSR count). The molecule has 0 fully saturated rings. The van der Waals surface area contributed by atoms with E-state index in [0.29, 0.717) is 0 Å². The van der Waals surface area contributed by atoms with Gasteiger partial charge in [0.05, 0.1) is 0 Å². The maximum absolute atomic E-state index is 6.45. The summed E-state index contributed by atoms with van der Waals surface area (Å²) >= 11 is 0. The summed E-state index contributed by atoms with van der Waals surface area (Å²) in [6, 6.07) is 71.2.